The van der Waals surface area contributed by atoms with Crippen LogP contribution in [0.3, 0.4) is 0 Å². The summed E-state index contributed by atoms with van der Waals surface area (Å²) in [5.41, 5.74) is 3.86. The van der Waals surface area contributed by atoms with Crippen molar-refractivity contribution in [3.05, 3.63) is 59.3 Å². The van der Waals surface area contributed by atoms with Crippen LogP contribution in [-0.4, -0.2) is 58.2 Å². The first-order chi connectivity index (χ1) is 17.5. The zero-order chi connectivity index (χ0) is 25.2. The Morgan fingerprint density at radius 2 is 2.22 bits per heavy atom. The number of aromatic amines is 1. The number of para-hydroxylation sites is 1. The summed E-state index contributed by atoms with van der Waals surface area (Å²) in [6.45, 7) is 0.945. The van der Waals surface area contributed by atoms with Crippen molar-refractivity contribution in [2.24, 2.45) is 0 Å². The largest absolute Gasteiger partial charge is 0.492 e. The Bertz CT molecular complexity index is 1410. The van der Waals surface area contributed by atoms with Crippen molar-refractivity contribution < 1.29 is 23.8 Å². The van der Waals surface area contributed by atoms with Gasteiger partial charge in [0.25, 0.3) is 5.91 Å². The number of carbonyl (C=O) groups is 2. The van der Waals surface area contributed by atoms with Gasteiger partial charge in [-0.05, 0) is 31.0 Å². The fourth-order valence-corrected chi connectivity index (χ4v) is 4.67. The molecule has 9 nitrogen and oxygen atoms in total. The molecule has 1 aromatic carbocycles. The summed E-state index contributed by atoms with van der Waals surface area (Å²) in [5.74, 6) is 5.42. The summed E-state index contributed by atoms with van der Waals surface area (Å²) < 4.78 is 19.7. The van der Waals surface area contributed by atoms with E-state index >= 15 is 0 Å². The van der Waals surface area contributed by atoms with E-state index < -0.39 is 18.0 Å². The summed E-state index contributed by atoms with van der Waals surface area (Å²) in [4.78, 5) is 33.3. The molecule has 0 radical (unpaired) electrons. The fraction of sp³-hybridized carbons (Fsp3) is 0.269. The lowest BCUT2D eigenvalue weighted by Gasteiger charge is -2.17. The van der Waals surface area contributed by atoms with Gasteiger partial charge in [0.2, 0.25) is 0 Å². The van der Waals surface area contributed by atoms with Crippen molar-refractivity contribution in [3.63, 3.8) is 0 Å². The molecule has 0 saturated carbocycles. The number of H-pyrrole nitrogens is 1. The molecule has 2 aromatic heterocycles. The molecule has 1 saturated heterocycles. The molecular formula is C26H24FN5O4. The van der Waals surface area contributed by atoms with Crippen LogP contribution in [0, 0.1) is 17.7 Å². The average Bonchev–Trinajstić information content (AvgIpc) is 3.49. The summed E-state index contributed by atoms with van der Waals surface area (Å²) >= 11 is 0. The van der Waals surface area contributed by atoms with E-state index in [2.05, 4.69) is 32.4 Å². The number of aromatic nitrogens is 2. The molecule has 184 valence electrons. The smallest absolute Gasteiger partial charge is 0.408 e. The van der Waals surface area contributed by atoms with Gasteiger partial charge < -0.3 is 25.5 Å². The first-order valence-electron chi connectivity index (χ1n) is 11.6. The lowest BCUT2D eigenvalue weighted by atomic mass is 10.0. The molecule has 0 bridgehead atoms. The predicted molar refractivity (Wildman–Crippen MR) is 131 cm³/mol. The molecule has 2 aliphatic heterocycles. The van der Waals surface area contributed by atoms with Gasteiger partial charge in [-0.25, -0.2) is 9.18 Å². The molecule has 4 N–H and O–H groups in total. The maximum atomic E-state index is 14.4. The summed E-state index contributed by atoms with van der Waals surface area (Å²) in [6, 6.07) is 5.89. The van der Waals surface area contributed by atoms with E-state index in [1.165, 1.54) is 18.1 Å². The quantitative estimate of drug-likeness (QED) is 0.415. The van der Waals surface area contributed by atoms with E-state index in [0.29, 0.717) is 59.7 Å². The predicted octanol–water partition coefficient (Wildman–Crippen LogP) is 3.75. The van der Waals surface area contributed by atoms with Gasteiger partial charge in [-0.2, -0.15) is 0 Å². The number of nitrogens with zero attached hydrogens (tertiary/aromatic N) is 2. The Morgan fingerprint density at radius 1 is 1.36 bits per heavy atom. The highest BCUT2D eigenvalue weighted by Gasteiger charge is 2.29. The Labute approximate surface area is 206 Å². The van der Waals surface area contributed by atoms with E-state index in [0.717, 1.165) is 12.1 Å². The van der Waals surface area contributed by atoms with Crippen LogP contribution in [0.15, 0.2) is 36.7 Å². The van der Waals surface area contributed by atoms with Crippen molar-refractivity contribution >= 4 is 23.4 Å². The number of halogens is 1. The van der Waals surface area contributed by atoms with Gasteiger partial charge in [-0.1, -0.05) is 17.9 Å². The van der Waals surface area contributed by atoms with E-state index in [9.17, 15) is 19.1 Å². The number of hydrogen-bond donors (Lipinski definition) is 4. The number of pyridine rings is 1. The molecule has 0 aliphatic carbocycles. The number of carboxylic acid groups (broad SMARTS) is 1. The lowest BCUT2D eigenvalue weighted by Crippen LogP contribution is -2.33. The number of rotatable bonds is 4. The fourth-order valence-electron chi connectivity index (χ4n) is 4.67. The van der Waals surface area contributed by atoms with Crippen LogP contribution < -0.4 is 15.4 Å². The zero-order valence-electron chi connectivity index (χ0n) is 19.5. The highest BCUT2D eigenvalue weighted by molar-refractivity contribution is 6.06. The van der Waals surface area contributed by atoms with E-state index in [4.69, 9.17) is 4.74 Å². The monoisotopic (exact) mass is 489 g/mol. The van der Waals surface area contributed by atoms with Gasteiger partial charge in [0.05, 0.1) is 41.3 Å². The van der Waals surface area contributed by atoms with Crippen LogP contribution in [0.1, 0.15) is 34.5 Å². The van der Waals surface area contributed by atoms with Gasteiger partial charge in [-0.15, -0.1) is 0 Å². The number of likely N-dealkylation sites (tertiary alicyclic amines) is 1. The van der Waals surface area contributed by atoms with Crippen molar-refractivity contribution in [1.29, 1.82) is 0 Å². The average molecular weight is 490 g/mol. The standard InChI is InChI=1S/C26H24FN5O4/c1-36-24-18(27)5-2-6-20(24)31-23-21-19(10-12-29-25(21)33)30-22(23)17-9-11-28-14-15(17)7-8-16-4-3-13-32(16)26(34)35/h2,5-6,9,11,14,16,30-31H,3-4,10,12-13H2,1H3,(H,29,33)(H,34,35)/t16-/m1/s1. The summed E-state index contributed by atoms with van der Waals surface area (Å²) in [6.07, 6.45) is 4.25. The van der Waals surface area contributed by atoms with E-state index in [1.807, 2.05) is 0 Å². The van der Waals surface area contributed by atoms with E-state index in [-0.39, 0.29) is 11.7 Å². The highest BCUT2D eigenvalue weighted by atomic mass is 19.1. The number of hydrogen-bond acceptors (Lipinski definition) is 5. The van der Waals surface area contributed by atoms with Crippen molar-refractivity contribution in [3.8, 4) is 28.8 Å². The van der Waals surface area contributed by atoms with Crippen LogP contribution >= 0.6 is 0 Å². The first-order valence-corrected chi connectivity index (χ1v) is 11.6. The number of methoxy groups -OCH3 is 1. The van der Waals surface area contributed by atoms with Crippen LogP contribution in [-0.2, 0) is 6.42 Å². The second-order valence-corrected chi connectivity index (χ2v) is 8.50. The molecule has 1 atom stereocenters. The van der Waals surface area contributed by atoms with Crippen molar-refractivity contribution in [1.82, 2.24) is 20.2 Å². The molecule has 2 aliphatic rings. The number of amides is 2. The highest BCUT2D eigenvalue weighted by Crippen LogP contribution is 2.40. The third kappa shape index (κ3) is 4.20. The molecule has 2 amide bonds. The van der Waals surface area contributed by atoms with Gasteiger partial charge in [0.1, 0.15) is 0 Å². The summed E-state index contributed by atoms with van der Waals surface area (Å²) in [5, 5.41) is 15.5. The molecular weight excluding hydrogens is 465 g/mol. The molecule has 0 unspecified atom stereocenters. The molecule has 3 aromatic rings. The number of nitrogens with one attached hydrogen (secondary N) is 3. The number of benzene rings is 1. The Kier molecular flexibility index (Phi) is 6.21. The van der Waals surface area contributed by atoms with Crippen molar-refractivity contribution in [2.75, 3.05) is 25.5 Å². The van der Waals surface area contributed by atoms with Crippen LogP contribution in [0.2, 0.25) is 0 Å². The Hall–Kier alpha value is -4.52. The zero-order valence-corrected chi connectivity index (χ0v) is 19.5. The Morgan fingerprint density at radius 3 is 3.03 bits per heavy atom. The topological polar surface area (TPSA) is 120 Å². The lowest BCUT2D eigenvalue weighted by molar-refractivity contribution is 0.0946. The minimum atomic E-state index is -0.989. The van der Waals surface area contributed by atoms with Gasteiger partial charge in [0, 0.05) is 43.2 Å². The molecule has 4 heterocycles. The number of anilines is 2. The van der Waals surface area contributed by atoms with Gasteiger partial charge in [-0.3, -0.25) is 14.7 Å². The molecule has 0 spiro atoms. The second kappa shape index (κ2) is 9.62. The normalized spacial score (nSPS) is 16.6. The second-order valence-electron chi connectivity index (χ2n) is 8.50. The van der Waals surface area contributed by atoms with Crippen LogP contribution in [0.25, 0.3) is 11.3 Å². The van der Waals surface area contributed by atoms with Crippen LogP contribution in [0.5, 0.6) is 5.75 Å². The Balaban J connectivity index is 1.62. The van der Waals surface area contributed by atoms with Gasteiger partial charge in [0.15, 0.2) is 11.6 Å². The molecule has 5 rings (SSSR count). The minimum Gasteiger partial charge on any atom is -0.492 e. The van der Waals surface area contributed by atoms with Gasteiger partial charge >= 0.3 is 6.09 Å². The molecule has 36 heavy (non-hydrogen) atoms. The number of fused-ring (bicyclic) bond motifs is 1. The van der Waals surface area contributed by atoms with Crippen LogP contribution in [0.4, 0.5) is 20.6 Å². The SMILES string of the molecule is COc1c(F)cccc1Nc1c(-c2ccncc2C#C[C@H]2CCCN2C(=O)O)[nH]c2c1C(=O)NCC2. The maximum absolute atomic E-state index is 14.4. The number of carbonyl (C=O) groups excluding carboxylic acids is 1. The third-order valence-corrected chi connectivity index (χ3v) is 6.36. The van der Waals surface area contributed by atoms with E-state index in [1.54, 1.807) is 30.6 Å². The third-order valence-electron chi connectivity index (χ3n) is 6.36. The first kappa shape index (κ1) is 23.2. The maximum Gasteiger partial charge on any atom is 0.408 e. The molecule has 1 fully saturated rings. The van der Waals surface area contributed by atoms with Crippen molar-refractivity contribution in [2.45, 2.75) is 25.3 Å². The number of ether oxygens (including phenoxy) is 1. The summed E-state index contributed by atoms with van der Waals surface area (Å²) in [7, 11) is 1.38. The minimum absolute atomic E-state index is 0.0272. The molecule has 10 heteroatoms.